The van der Waals surface area contributed by atoms with E-state index in [2.05, 4.69) is 10.3 Å². The fourth-order valence-corrected chi connectivity index (χ4v) is 2.94. The third-order valence-corrected chi connectivity index (χ3v) is 4.50. The number of hydrogen-bond acceptors (Lipinski definition) is 3. The summed E-state index contributed by atoms with van der Waals surface area (Å²) in [4.78, 5) is 16.6. The predicted octanol–water partition coefficient (Wildman–Crippen LogP) is 4.90. The van der Waals surface area contributed by atoms with Gasteiger partial charge in [0, 0.05) is 12.4 Å². The highest BCUT2D eigenvalue weighted by atomic mass is 35.5. The van der Waals surface area contributed by atoms with Crippen LogP contribution in [0.1, 0.15) is 28.9 Å². The van der Waals surface area contributed by atoms with Crippen LogP contribution >= 0.6 is 11.6 Å². The lowest BCUT2D eigenvalue weighted by atomic mass is 10.0. The Bertz CT molecular complexity index is 896. The number of carbonyl (C=O) groups excluding carboxylic acids is 1. The number of methoxy groups -OCH3 is 1. The summed E-state index contributed by atoms with van der Waals surface area (Å²) in [6.07, 6.45) is 3.45. The van der Waals surface area contributed by atoms with Crippen molar-refractivity contribution in [2.45, 2.75) is 13.0 Å². The van der Waals surface area contributed by atoms with Gasteiger partial charge in [-0.15, -0.1) is 0 Å². The first-order chi connectivity index (χ1) is 12.6. The normalized spacial score (nSPS) is 11.7. The lowest BCUT2D eigenvalue weighted by Crippen LogP contribution is -2.26. The number of pyridine rings is 1. The maximum atomic E-state index is 12.6. The predicted molar refractivity (Wildman–Crippen MR) is 104 cm³/mol. The fourth-order valence-electron chi connectivity index (χ4n) is 2.67. The molecule has 4 nitrogen and oxygen atoms in total. The smallest absolute Gasteiger partial charge is 0.253 e. The Morgan fingerprint density at radius 2 is 1.73 bits per heavy atom. The van der Waals surface area contributed by atoms with Crippen molar-refractivity contribution in [2.24, 2.45) is 0 Å². The zero-order valence-corrected chi connectivity index (χ0v) is 15.3. The molecule has 2 aromatic carbocycles. The van der Waals surface area contributed by atoms with E-state index in [1.807, 2.05) is 49.4 Å². The third-order valence-electron chi connectivity index (χ3n) is 4.19. The zero-order valence-electron chi connectivity index (χ0n) is 14.6. The Balaban J connectivity index is 1.75. The standard InChI is InChI=1S/C21H19ClN2O2/c1-14(15-3-6-18(26-2)7-4-15)24-21(25)19-8-5-17(13-20(19)22)16-9-11-23-12-10-16/h3-14H,1-2H3,(H,24,25)/t14-/m1/s1. The lowest BCUT2D eigenvalue weighted by molar-refractivity contribution is 0.0940. The average Bonchev–Trinajstić information content (AvgIpc) is 2.68. The largest absolute Gasteiger partial charge is 0.497 e. The molecule has 1 N–H and O–H groups in total. The summed E-state index contributed by atoms with van der Waals surface area (Å²) in [7, 11) is 1.62. The van der Waals surface area contributed by atoms with Gasteiger partial charge in [-0.05, 0) is 60.0 Å². The van der Waals surface area contributed by atoms with Crippen LogP contribution in [-0.4, -0.2) is 18.0 Å². The van der Waals surface area contributed by atoms with Crippen molar-refractivity contribution in [1.29, 1.82) is 0 Å². The first kappa shape index (κ1) is 18.0. The van der Waals surface area contributed by atoms with Gasteiger partial charge in [0.15, 0.2) is 0 Å². The highest BCUT2D eigenvalue weighted by Gasteiger charge is 2.15. The fraction of sp³-hybridized carbons (Fsp3) is 0.143. The monoisotopic (exact) mass is 366 g/mol. The van der Waals surface area contributed by atoms with E-state index in [9.17, 15) is 4.79 Å². The molecule has 3 aromatic rings. The molecule has 0 bridgehead atoms. The van der Waals surface area contributed by atoms with Gasteiger partial charge in [-0.2, -0.15) is 0 Å². The number of ether oxygens (including phenoxy) is 1. The van der Waals surface area contributed by atoms with Crippen LogP contribution in [0.2, 0.25) is 5.02 Å². The van der Waals surface area contributed by atoms with Gasteiger partial charge < -0.3 is 10.1 Å². The molecule has 0 aliphatic carbocycles. The Morgan fingerprint density at radius 1 is 1.04 bits per heavy atom. The van der Waals surface area contributed by atoms with Crippen molar-refractivity contribution in [3.8, 4) is 16.9 Å². The van der Waals surface area contributed by atoms with Gasteiger partial charge >= 0.3 is 0 Å². The molecule has 26 heavy (non-hydrogen) atoms. The summed E-state index contributed by atoms with van der Waals surface area (Å²) in [5, 5.41) is 3.39. The number of hydrogen-bond donors (Lipinski definition) is 1. The minimum absolute atomic E-state index is 0.149. The van der Waals surface area contributed by atoms with Crippen molar-refractivity contribution in [3.63, 3.8) is 0 Å². The molecule has 1 atom stereocenters. The first-order valence-electron chi connectivity index (χ1n) is 8.23. The van der Waals surface area contributed by atoms with E-state index >= 15 is 0 Å². The number of amides is 1. The molecule has 0 aliphatic heterocycles. The number of nitrogens with zero attached hydrogens (tertiary/aromatic N) is 1. The van der Waals surface area contributed by atoms with Crippen LogP contribution < -0.4 is 10.1 Å². The molecule has 1 heterocycles. The molecule has 3 rings (SSSR count). The SMILES string of the molecule is COc1ccc([C@@H](C)NC(=O)c2ccc(-c3ccncc3)cc2Cl)cc1. The molecule has 0 radical (unpaired) electrons. The minimum Gasteiger partial charge on any atom is -0.497 e. The van der Waals surface area contributed by atoms with E-state index in [0.717, 1.165) is 22.4 Å². The molecule has 5 heteroatoms. The number of rotatable bonds is 5. The maximum Gasteiger partial charge on any atom is 0.253 e. The second-order valence-corrected chi connectivity index (χ2v) is 6.31. The second-order valence-electron chi connectivity index (χ2n) is 5.90. The van der Waals surface area contributed by atoms with Crippen LogP contribution in [0, 0.1) is 0 Å². The van der Waals surface area contributed by atoms with Crippen molar-refractivity contribution in [3.05, 3.63) is 83.1 Å². The van der Waals surface area contributed by atoms with Crippen molar-refractivity contribution >= 4 is 17.5 Å². The van der Waals surface area contributed by atoms with E-state index in [0.29, 0.717) is 10.6 Å². The highest BCUT2D eigenvalue weighted by Crippen LogP contribution is 2.26. The summed E-state index contributed by atoms with van der Waals surface area (Å²) in [6.45, 7) is 1.93. The van der Waals surface area contributed by atoms with Crippen LogP contribution in [0.15, 0.2) is 67.0 Å². The number of halogens is 1. The van der Waals surface area contributed by atoms with Gasteiger partial charge in [-0.1, -0.05) is 29.8 Å². The van der Waals surface area contributed by atoms with Crippen LogP contribution in [0.25, 0.3) is 11.1 Å². The summed E-state index contributed by atoms with van der Waals surface area (Å²) < 4.78 is 5.15. The average molecular weight is 367 g/mol. The molecule has 0 fully saturated rings. The Hall–Kier alpha value is -2.85. The lowest BCUT2D eigenvalue weighted by Gasteiger charge is -2.16. The number of benzene rings is 2. The second kappa shape index (κ2) is 8.02. The van der Waals surface area contributed by atoms with Crippen molar-refractivity contribution in [1.82, 2.24) is 10.3 Å². The Labute approximate surface area is 157 Å². The molecule has 0 saturated carbocycles. The topological polar surface area (TPSA) is 51.2 Å². The molecule has 0 saturated heterocycles. The molecule has 0 spiro atoms. The summed E-state index contributed by atoms with van der Waals surface area (Å²) in [5.41, 5.74) is 3.38. The number of nitrogens with one attached hydrogen (secondary N) is 1. The summed E-state index contributed by atoms with van der Waals surface area (Å²) in [6, 6.07) is 16.7. The van der Waals surface area contributed by atoms with E-state index in [1.165, 1.54) is 0 Å². The quantitative estimate of drug-likeness (QED) is 0.698. The first-order valence-corrected chi connectivity index (χ1v) is 8.61. The summed E-state index contributed by atoms with van der Waals surface area (Å²) in [5.74, 6) is 0.571. The summed E-state index contributed by atoms with van der Waals surface area (Å²) >= 11 is 6.35. The van der Waals surface area contributed by atoms with E-state index < -0.39 is 0 Å². The van der Waals surface area contributed by atoms with Gasteiger partial charge in [-0.3, -0.25) is 9.78 Å². The molecule has 0 aliphatic rings. The molecule has 1 aromatic heterocycles. The maximum absolute atomic E-state index is 12.6. The van der Waals surface area contributed by atoms with E-state index in [4.69, 9.17) is 16.3 Å². The molecule has 1 amide bonds. The van der Waals surface area contributed by atoms with Gasteiger partial charge in [0.1, 0.15) is 5.75 Å². The molecule has 132 valence electrons. The van der Waals surface area contributed by atoms with E-state index in [-0.39, 0.29) is 11.9 Å². The Kier molecular flexibility index (Phi) is 5.54. The zero-order chi connectivity index (χ0) is 18.5. The third kappa shape index (κ3) is 4.03. The highest BCUT2D eigenvalue weighted by molar-refractivity contribution is 6.34. The van der Waals surface area contributed by atoms with Crippen molar-refractivity contribution < 1.29 is 9.53 Å². The molecular formula is C21H19ClN2O2. The molecule has 0 unspecified atom stereocenters. The van der Waals surface area contributed by atoms with Crippen LogP contribution in [0.4, 0.5) is 0 Å². The van der Waals surface area contributed by atoms with Crippen molar-refractivity contribution in [2.75, 3.05) is 7.11 Å². The number of aromatic nitrogens is 1. The van der Waals surface area contributed by atoms with Gasteiger partial charge in [0.05, 0.1) is 23.7 Å². The number of carbonyl (C=O) groups is 1. The van der Waals surface area contributed by atoms with E-state index in [1.54, 1.807) is 31.6 Å². The van der Waals surface area contributed by atoms with Gasteiger partial charge in [0.25, 0.3) is 5.91 Å². The Morgan fingerprint density at radius 3 is 2.35 bits per heavy atom. The minimum atomic E-state index is -0.209. The van der Waals surface area contributed by atoms with Crippen LogP contribution in [0.3, 0.4) is 0 Å². The van der Waals surface area contributed by atoms with Crippen LogP contribution in [0.5, 0.6) is 5.75 Å². The van der Waals surface area contributed by atoms with Gasteiger partial charge in [-0.25, -0.2) is 0 Å². The van der Waals surface area contributed by atoms with Gasteiger partial charge in [0.2, 0.25) is 0 Å². The molecular weight excluding hydrogens is 348 g/mol. The van der Waals surface area contributed by atoms with Crippen LogP contribution in [-0.2, 0) is 0 Å².